The number of para-hydroxylation sites is 2. The van der Waals surface area contributed by atoms with Gasteiger partial charge in [-0.25, -0.2) is 4.98 Å². The number of ketones is 1. The van der Waals surface area contributed by atoms with Crippen molar-refractivity contribution in [1.82, 2.24) is 9.55 Å². The van der Waals surface area contributed by atoms with Gasteiger partial charge in [0, 0.05) is 6.54 Å². The summed E-state index contributed by atoms with van der Waals surface area (Å²) >= 11 is 0. The van der Waals surface area contributed by atoms with Crippen LogP contribution in [0.15, 0.2) is 36.4 Å². The molecule has 0 unspecified atom stereocenters. The molecular formula is C15H18N2O. The summed E-state index contributed by atoms with van der Waals surface area (Å²) in [6.45, 7) is 4.89. The third-order valence-electron chi connectivity index (χ3n) is 2.87. The van der Waals surface area contributed by atoms with E-state index in [4.69, 9.17) is 0 Å². The first kappa shape index (κ1) is 12.6. The van der Waals surface area contributed by atoms with Crippen LogP contribution in [0.2, 0.25) is 0 Å². The quantitative estimate of drug-likeness (QED) is 0.755. The number of nitrogens with zero attached hydrogens (tertiary/aromatic N) is 2. The van der Waals surface area contributed by atoms with Gasteiger partial charge in [-0.2, -0.15) is 0 Å². The summed E-state index contributed by atoms with van der Waals surface area (Å²) in [5.74, 6) is 0.964. The molecule has 3 heteroatoms. The first-order valence-corrected chi connectivity index (χ1v) is 6.36. The molecule has 2 aromatic rings. The van der Waals surface area contributed by atoms with Gasteiger partial charge < -0.3 is 4.57 Å². The Hall–Kier alpha value is -1.90. The van der Waals surface area contributed by atoms with Gasteiger partial charge in [-0.1, -0.05) is 25.1 Å². The number of imidazole rings is 1. The number of hydrogen-bond donors (Lipinski definition) is 0. The van der Waals surface area contributed by atoms with Crippen molar-refractivity contribution in [3.8, 4) is 0 Å². The molecule has 0 amide bonds. The number of rotatable bonds is 5. The van der Waals surface area contributed by atoms with Crippen LogP contribution in [0.4, 0.5) is 0 Å². The lowest BCUT2D eigenvalue weighted by atomic mass is 10.2. The summed E-state index contributed by atoms with van der Waals surface area (Å²) in [4.78, 5) is 16.3. The molecule has 18 heavy (non-hydrogen) atoms. The average Bonchev–Trinajstić information content (AvgIpc) is 2.68. The van der Waals surface area contributed by atoms with Gasteiger partial charge in [0.1, 0.15) is 5.82 Å². The highest BCUT2D eigenvalue weighted by Gasteiger charge is 2.11. The summed E-state index contributed by atoms with van der Waals surface area (Å²) in [5, 5.41) is 0. The van der Waals surface area contributed by atoms with Gasteiger partial charge in [0.2, 0.25) is 0 Å². The summed E-state index contributed by atoms with van der Waals surface area (Å²) in [6, 6.07) is 8.03. The van der Waals surface area contributed by atoms with Crippen LogP contribution in [0, 0.1) is 0 Å². The van der Waals surface area contributed by atoms with Gasteiger partial charge >= 0.3 is 0 Å². The molecule has 0 aliphatic rings. The van der Waals surface area contributed by atoms with Crippen molar-refractivity contribution in [2.45, 2.75) is 33.2 Å². The van der Waals surface area contributed by atoms with Crippen molar-refractivity contribution in [3.05, 3.63) is 42.2 Å². The molecule has 0 radical (unpaired) electrons. The van der Waals surface area contributed by atoms with Crippen LogP contribution in [0.5, 0.6) is 0 Å². The highest BCUT2D eigenvalue weighted by molar-refractivity contribution is 5.91. The zero-order chi connectivity index (χ0) is 13.0. The van der Waals surface area contributed by atoms with Crippen molar-refractivity contribution in [3.63, 3.8) is 0 Å². The predicted molar refractivity (Wildman–Crippen MR) is 73.5 cm³/mol. The third-order valence-corrected chi connectivity index (χ3v) is 2.87. The Kier molecular flexibility index (Phi) is 3.92. The number of aryl methyl sites for hydroxylation is 1. The number of benzene rings is 1. The van der Waals surface area contributed by atoms with E-state index in [1.807, 2.05) is 25.1 Å². The molecule has 0 spiro atoms. The molecule has 1 aromatic heterocycles. The number of fused-ring (bicyclic) bond motifs is 1. The Labute approximate surface area is 107 Å². The van der Waals surface area contributed by atoms with Gasteiger partial charge in [0.15, 0.2) is 5.78 Å². The molecule has 2 rings (SSSR count). The second-order valence-electron chi connectivity index (χ2n) is 4.31. The summed E-state index contributed by atoms with van der Waals surface area (Å²) in [5.41, 5.74) is 2.08. The largest absolute Gasteiger partial charge is 0.328 e. The van der Waals surface area contributed by atoms with Gasteiger partial charge in [0.05, 0.1) is 17.5 Å². The predicted octanol–water partition coefficient (Wildman–Crippen LogP) is 3.13. The maximum absolute atomic E-state index is 11.7. The van der Waals surface area contributed by atoms with Crippen LogP contribution in [-0.2, 0) is 17.8 Å². The van der Waals surface area contributed by atoms with E-state index in [2.05, 4.69) is 22.5 Å². The number of carbonyl (C=O) groups is 1. The van der Waals surface area contributed by atoms with Gasteiger partial charge in [-0.3, -0.25) is 4.79 Å². The summed E-state index contributed by atoms with van der Waals surface area (Å²) in [7, 11) is 0. The number of hydrogen-bond acceptors (Lipinski definition) is 2. The average molecular weight is 242 g/mol. The van der Waals surface area contributed by atoms with Crippen LogP contribution in [-0.4, -0.2) is 15.3 Å². The fourth-order valence-corrected chi connectivity index (χ4v) is 2.13. The molecule has 0 aliphatic carbocycles. The Morgan fingerprint density at radius 1 is 1.39 bits per heavy atom. The van der Waals surface area contributed by atoms with Crippen LogP contribution in [0.1, 0.15) is 26.1 Å². The summed E-state index contributed by atoms with van der Waals surface area (Å²) in [6.07, 6.45) is 4.79. The monoisotopic (exact) mass is 242 g/mol. The second-order valence-corrected chi connectivity index (χ2v) is 4.31. The van der Waals surface area contributed by atoms with Crippen molar-refractivity contribution in [2.75, 3.05) is 0 Å². The van der Waals surface area contributed by atoms with Crippen LogP contribution in [0.25, 0.3) is 11.0 Å². The lowest BCUT2D eigenvalue weighted by molar-refractivity contribution is -0.114. The first-order chi connectivity index (χ1) is 8.76. The van der Waals surface area contributed by atoms with Gasteiger partial charge in [-0.15, -0.1) is 0 Å². The lowest BCUT2D eigenvalue weighted by Gasteiger charge is -2.06. The van der Waals surface area contributed by atoms with E-state index in [0.717, 1.165) is 29.8 Å². The van der Waals surface area contributed by atoms with Crippen LogP contribution in [0.3, 0.4) is 0 Å². The smallest absolute Gasteiger partial charge is 0.162 e. The normalized spacial score (nSPS) is 11.4. The fourth-order valence-electron chi connectivity index (χ4n) is 2.13. The molecule has 0 bridgehead atoms. The fraction of sp³-hybridized carbons (Fsp3) is 0.333. The van der Waals surface area contributed by atoms with Crippen LogP contribution >= 0.6 is 0 Å². The van der Waals surface area contributed by atoms with E-state index in [-0.39, 0.29) is 5.78 Å². The molecule has 0 atom stereocenters. The van der Waals surface area contributed by atoms with Crippen molar-refractivity contribution < 1.29 is 4.79 Å². The molecule has 0 aliphatic heterocycles. The minimum Gasteiger partial charge on any atom is -0.328 e. The van der Waals surface area contributed by atoms with E-state index in [0.29, 0.717) is 6.42 Å². The third kappa shape index (κ3) is 2.50. The van der Waals surface area contributed by atoms with E-state index in [9.17, 15) is 4.79 Å². The van der Waals surface area contributed by atoms with E-state index < -0.39 is 0 Å². The zero-order valence-corrected chi connectivity index (χ0v) is 10.9. The number of allylic oxidation sites excluding steroid dienone is 2. The highest BCUT2D eigenvalue weighted by Crippen LogP contribution is 2.17. The zero-order valence-electron chi connectivity index (χ0n) is 10.9. The highest BCUT2D eigenvalue weighted by atomic mass is 16.1. The Balaban J connectivity index is 2.42. The summed E-state index contributed by atoms with van der Waals surface area (Å²) < 4.78 is 2.15. The molecular weight excluding hydrogens is 224 g/mol. The lowest BCUT2D eigenvalue weighted by Crippen LogP contribution is -2.08. The Morgan fingerprint density at radius 3 is 2.89 bits per heavy atom. The van der Waals surface area contributed by atoms with Crippen molar-refractivity contribution in [1.29, 1.82) is 0 Å². The molecule has 0 N–H and O–H groups in total. The van der Waals surface area contributed by atoms with Crippen molar-refractivity contribution in [2.24, 2.45) is 0 Å². The molecule has 3 nitrogen and oxygen atoms in total. The first-order valence-electron chi connectivity index (χ1n) is 6.36. The van der Waals surface area contributed by atoms with Crippen molar-refractivity contribution >= 4 is 16.8 Å². The Bertz CT molecular complexity index is 581. The maximum Gasteiger partial charge on any atom is 0.162 e. The van der Waals surface area contributed by atoms with Crippen LogP contribution < -0.4 is 0 Å². The van der Waals surface area contributed by atoms with Gasteiger partial charge in [-0.05, 0) is 31.6 Å². The molecule has 0 fully saturated rings. The molecule has 1 heterocycles. The Morgan fingerprint density at radius 2 is 2.17 bits per heavy atom. The standard InChI is InChI=1S/C15H18N2O/c1-3-7-12(18)11-15-16-13-8-5-6-9-14(13)17(15)10-4-2/h3,5-9H,4,10-11H2,1-2H3/b7-3+. The van der Waals surface area contributed by atoms with E-state index >= 15 is 0 Å². The maximum atomic E-state index is 11.7. The SMILES string of the molecule is C/C=C/C(=O)Cc1nc2ccccc2n1CCC. The minimum atomic E-state index is 0.102. The van der Waals surface area contributed by atoms with E-state index in [1.54, 1.807) is 12.2 Å². The number of carbonyl (C=O) groups excluding carboxylic acids is 1. The minimum absolute atomic E-state index is 0.102. The molecule has 1 aromatic carbocycles. The molecule has 0 saturated carbocycles. The number of aromatic nitrogens is 2. The molecule has 0 saturated heterocycles. The van der Waals surface area contributed by atoms with Gasteiger partial charge in [0.25, 0.3) is 0 Å². The topological polar surface area (TPSA) is 34.9 Å². The molecule has 94 valence electrons. The van der Waals surface area contributed by atoms with E-state index in [1.165, 1.54) is 0 Å². The second kappa shape index (κ2) is 5.63.